The van der Waals surface area contributed by atoms with E-state index in [9.17, 15) is 9.59 Å². The first kappa shape index (κ1) is 15.5. The highest BCUT2D eigenvalue weighted by molar-refractivity contribution is 6.37. The minimum absolute atomic E-state index is 0.380. The number of carboxylic acid groups (broad SMARTS) is 1. The molecule has 1 rings (SSSR count). The first-order chi connectivity index (χ1) is 8.91. The minimum atomic E-state index is -1.64. The first-order valence-electron chi connectivity index (χ1n) is 5.22. The fraction of sp³-hybridized carbons (Fsp3) is 0.167. The predicted octanol–water partition coefficient (Wildman–Crippen LogP) is 1.57. The highest BCUT2D eigenvalue weighted by Gasteiger charge is 2.13. The van der Waals surface area contributed by atoms with Gasteiger partial charge in [0, 0.05) is 21.7 Å². The third kappa shape index (κ3) is 4.90. The van der Waals surface area contributed by atoms with Crippen LogP contribution < -0.4 is 5.32 Å². The van der Waals surface area contributed by atoms with Gasteiger partial charge in [-0.15, -0.1) is 0 Å². The van der Waals surface area contributed by atoms with Crippen LogP contribution in [0.5, 0.6) is 0 Å². The Hall–Kier alpha value is -1.56. The fourth-order valence-corrected chi connectivity index (χ4v) is 1.70. The summed E-state index contributed by atoms with van der Waals surface area (Å²) in [5, 5.41) is 20.4. The van der Waals surface area contributed by atoms with Gasteiger partial charge in [0.25, 0.3) is 0 Å². The molecule has 0 aliphatic carbocycles. The van der Waals surface area contributed by atoms with Crippen LogP contribution >= 0.6 is 23.2 Å². The van der Waals surface area contributed by atoms with Gasteiger partial charge < -0.3 is 15.5 Å². The number of hydrogen-bond acceptors (Lipinski definition) is 3. The minimum Gasteiger partial charge on any atom is -0.479 e. The van der Waals surface area contributed by atoms with Gasteiger partial charge in [0.05, 0.1) is 6.54 Å². The molecule has 1 aromatic carbocycles. The van der Waals surface area contributed by atoms with Crippen LogP contribution in [-0.2, 0) is 9.59 Å². The molecule has 102 valence electrons. The number of benzene rings is 1. The average molecular weight is 304 g/mol. The lowest BCUT2D eigenvalue weighted by atomic mass is 10.2. The van der Waals surface area contributed by atoms with Crippen LogP contribution in [0.3, 0.4) is 0 Å². The molecule has 1 aromatic rings. The van der Waals surface area contributed by atoms with Gasteiger partial charge in [-0.05, 0) is 18.2 Å². The van der Waals surface area contributed by atoms with E-state index in [0.717, 1.165) is 6.08 Å². The molecule has 0 aliphatic rings. The number of carboxylic acids is 1. The molecule has 1 amide bonds. The number of nitrogens with one attached hydrogen (secondary N) is 1. The summed E-state index contributed by atoms with van der Waals surface area (Å²) in [5.41, 5.74) is 0.486. The average Bonchev–Trinajstić information content (AvgIpc) is 2.35. The number of carbonyl (C=O) groups is 2. The maximum absolute atomic E-state index is 11.4. The molecule has 0 saturated heterocycles. The Bertz CT molecular complexity index is 496. The van der Waals surface area contributed by atoms with Crippen molar-refractivity contribution in [3.63, 3.8) is 0 Å². The van der Waals surface area contributed by atoms with Crippen molar-refractivity contribution in [3.8, 4) is 0 Å². The van der Waals surface area contributed by atoms with E-state index in [1.165, 1.54) is 6.08 Å². The topological polar surface area (TPSA) is 86.6 Å². The Morgan fingerprint density at radius 1 is 1.32 bits per heavy atom. The van der Waals surface area contributed by atoms with Crippen molar-refractivity contribution in [1.82, 2.24) is 5.32 Å². The molecule has 0 aliphatic heterocycles. The van der Waals surface area contributed by atoms with Crippen molar-refractivity contribution >= 4 is 41.2 Å². The zero-order chi connectivity index (χ0) is 14.4. The largest absolute Gasteiger partial charge is 0.479 e. The van der Waals surface area contributed by atoms with Crippen molar-refractivity contribution in [2.24, 2.45) is 0 Å². The highest BCUT2D eigenvalue weighted by Crippen LogP contribution is 2.25. The summed E-state index contributed by atoms with van der Waals surface area (Å²) in [6.07, 6.45) is 0.927. The second kappa shape index (κ2) is 7.13. The van der Waals surface area contributed by atoms with Crippen molar-refractivity contribution in [3.05, 3.63) is 39.9 Å². The van der Waals surface area contributed by atoms with E-state index in [1.807, 2.05) is 0 Å². The van der Waals surface area contributed by atoms with Crippen molar-refractivity contribution in [1.29, 1.82) is 0 Å². The summed E-state index contributed by atoms with van der Waals surface area (Å²) in [7, 11) is 0. The normalized spacial score (nSPS) is 12.4. The number of rotatable bonds is 5. The van der Waals surface area contributed by atoms with Gasteiger partial charge in [-0.2, -0.15) is 0 Å². The molecular weight excluding hydrogens is 293 g/mol. The van der Waals surface area contributed by atoms with E-state index < -0.39 is 18.0 Å². The van der Waals surface area contributed by atoms with E-state index in [0.29, 0.717) is 15.6 Å². The summed E-state index contributed by atoms with van der Waals surface area (Å²) >= 11 is 11.8. The number of aliphatic carboxylic acids is 1. The number of halogens is 2. The summed E-state index contributed by atoms with van der Waals surface area (Å²) in [6, 6.07) is 4.92. The Morgan fingerprint density at radius 2 is 1.89 bits per heavy atom. The third-order valence-electron chi connectivity index (χ3n) is 2.16. The lowest BCUT2D eigenvalue weighted by Crippen LogP contribution is -2.35. The monoisotopic (exact) mass is 303 g/mol. The molecule has 0 heterocycles. The van der Waals surface area contributed by atoms with Crippen LogP contribution in [0.1, 0.15) is 5.56 Å². The Balaban J connectivity index is 2.62. The van der Waals surface area contributed by atoms with Gasteiger partial charge in [0.1, 0.15) is 0 Å². The molecule has 0 saturated carbocycles. The standard InChI is InChI=1S/C12H11Cl2NO4/c13-8-2-1-3-9(14)7(8)4-5-11(17)15-6-10(16)12(18)19/h1-5,10,16H,6H2,(H,15,17)(H,18,19)/b5-4+/t10-/m0/s1. The number of hydrogen-bond donors (Lipinski definition) is 3. The molecule has 3 N–H and O–H groups in total. The van der Waals surface area contributed by atoms with Gasteiger partial charge in [0.2, 0.25) is 5.91 Å². The molecular formula is C12H11Cl2NO4. The Morgan fingerprint density at radius 3 is 2.42 bits per heavy atom. The van der Waals surface area contributed by atoms with Crippen LogP contribution in [0.15, 0.2) is 24.3 Å². The second-order valence-corrected chi connectivity index (χ2v) is 4.38. The zero-order valence-corrected chi connectivity index (χ0v) is 11.1. The van der Waals surface area contributed by atoms with E-state index in [4.69, 9.17) is 33.4 Å². The smallest absolute Gasteiger partial charge is 0.334 e. The van der Waals surface area contributed by atoms with Crippen molar-refractivity contribution in [2.75, 3.05) is 6.54 Å². The molecule has 19 heavy (non-hydrogen) atoms. The molecule has 0 unspecified atom stereocenters. The molecule has 7 heteroatoms. The van der Waals surface area contributed by atoms with Crippen LogP contribution in [0.4, 0.5) is 0 Å². The number of amides is 1. The number of carbonyl (C=O) groups excluding carboxylic acids is 1. The maximum atomic E-state index is 11.4. The molecule has 0 spiro atoms. The molecule has 1 atom stereocenters. The summed E-state index contributed by atoms with van der Waals surface area (Å²) in [6.45, 7) is -0.380. The van der Waals surface area contributed by atoms with Crippen LogP contribution in [0, 0.1) is 0 Å². The van der Waals surface area contributed by atoms with E-state index in [2.05, 4.69) is 5.32 Å². The molecule has 5 nitrogen and oxygen atoms in total. The molecule has 0 bridgehead atoms. The molecule has 0 radical (unpaired) electrons. The van der Waals surface area contributed by atoms with Gasteiger partial charge in [-0.25, -0.2) is 4.79 Å². The fourth-order valence-electron chi connectivity index (χ4n) is 1.17. The SMILES string of the molecule is O=C(/C=C/c1c(Cl)cccc1Cl)NC[C@H](O)C(=O)O. The zero-order valence-electron chi connectivity index (χ0n) is 9.64. The summed E-state index contributed by atoms with van der Waals surface area (Å²) in [5.74, 6) is -1.96. The quantitative estimate of drug-likeness (QED) is 0.721. The van der Waals surface area contributed by atoms with Gasteiger partial charge in [-0.3, -0.25) is 4.79 Å². The Labute approximate surface area is 119 Å². The van der Waals surface area contributed by atoms with Gasteiger partial charge in [-0.1, -0.05) is 29.3 Å². The van der Waals surface area contributed by atoms with E-state index in [-0.39, 0.29) is 6.54 Å². The lowest BCUT2D eigenvalue weighted by Gasteiger charge is -2.05. The second-order valence-electron chi connectivity index (χ2n) is 3.57. The summed E-state index contributed by atoms with van der Waals surface area (Å²) < 4.78 is 0. The van der Waals surface area contributed by atoms with Crippen LogP contribution in [-0.4, -0.2) is 34.7 Å². The predicted molar refractivity (Wildman–Crippen MR) is 72.1 cm³/mol. The molecule has 0 aromatic heterocycles. The highest BCUT2D eigenvalue weighted by atomic mass is 35.5. The Kier molecular flexibility index (Phi) is 5.82. The van der Waals surface area contributed by atoms with Gasteiger partial charge in [0.15, 0.2) is 6.10 Å². The van der Waals surface area contributed by atoms with Gasteiger partial charge >= 0.3 is 5.97 Å². The maximum Gasteiger partial charge on any atom is 0.334 e. The molecule has 0 fully saturated rings. The lowest BCUT2D eigenvalue weighted by molar-refractivity contribution is -0.146. The van der Waals surface area contributed by atoms with E-state index in [1.54, 1.807) is 18.2 Å². The third-order valence-corrected chi connectivity index (χ3v) is 2.81. The number of aliphatic hydroxyl groups excluding tert-OH is 1. The summed E-state index contributed by atoms with van der Waals surface area (Å²) in [4.78, 5) is 21.7. The van der Waals surface area contributed by atoms with Crippen LogP contribution in [0.2, 0.25) is 10.0 Å². The van der Waals surface area contributed by atoms with Crippen molar-refractivity contribution < 1.29 is 19.8 Å². The first-order valence-corrected chi connectivity index (χ1v) is 5.98. The van der Waals surface area contributed by atoms with Crippen molar-refractivity contribution in [2.45, 2.75) is 6.10 Å². The van der Waals surface area contributed by atoms with Crippen LogP contribution in [0.25, 0.3) is 6.08 Å². The number of aliphatic hydroxyl groups is 1. The van der Waals surface area contributed by atoms with E-state index >= 15 is 0 Å².